The van der Waals surface area contributed by atoms with Crippen molar-refractivity contribution in [3.63, 3.8) is 0 Å². The number of aliphatic imine (C=N–C) groups is 1. The summed E-state index contributed by atoms with van der Waals surface area (Å²) in [4.78, 5) is 13.9. The van der Waals surface area contributed by atoms with Crippen molar-refractivity contribution in [2.75, 3.05) is 0 Å². The molecule has 0 aromatic rings. The van der Waals surface area contributed by atoms with Crippen molar-refractivity contribution in [1.82, 2.24) is 0 Å². The number of hydrogen-bond acceptors (Lipinski definition) is 3. The lowest BCUT2D eigenvalue weighted by molar-refractivity contribution is -0.129. The van der Waals surface area contributed by atoms with Crippen LogP contribution in [-0.2, 0) is 4.79 Å². The molecule has 0 aromatic heterocycles. The molecule has 52 valence electrons. The van der Waals surface area contributed by atoms with Crippen LogP contribution in [0, 0.1) is 0 Å². The van der Waals surface area contributed by atoms with Crippen molar-refractivity contribution < 1.29 is 9.90 Å². The van der Waals surface area contributed by atoms with Crippen LogP contribution in [0.4, 0.5) is 0 Å². The van der Waals surface area contributed by atoms with Crippen molar-refractivity contribution in [2.24, 2.45) is 4.99 Å². The van der Waals surface area contributed by atoms with Gasteiger partial charge in [0.05, 0.1) is 0 Å². The number of carboxylic acids is 1. The molecule has 0 radical (unpaired) electrons. The van der Waals surface area contributed by atoms with E-state index >= 15 is 0 Å². The molecule has 1 heterocycles. The second-order valence-electron chi connectivity index (χ2n) is 1.53. The highest BCUT2D eigenvalue weighted by Crippen LogP contribution is 2.09. The lowest BCUT2D eigenvalue weighted by atomic mass is 10.6. The summed E-state index contributed by atoms with van der Waals surface area (Å²) in [5.41, 5.74) is 0. The van der Waals surface area contributed by atoms with Crippen LogP contribution in [0.15, 0.2) is 28.8 Å². The van der Waals surface area contributed by atoms with Gasteiger partial charge in [-0.15, -0.1) is 0 Å². The van der Waals surface area contributed by atoms with Gasteiger partial charge in [0.15, 0.2) is 5.04 Å². The van der Waals surface area contributed by atoms with Gasteiger partial charge in [0, 0.05) is 6.20 Å². The van der Waals surface area contributed by atoms with Crippen molar-refractivity contribution >= 4 is 22.8 Å². The van der Waals surface area contributed by atoms with Gasteiger partial charge >= 0.3 is 5.97 Å². The van der Waals surface area contributed by atoms with E-state index in [0.29, 0.717) is 0 Å². The zero-order valence-electron chi connectivity index (χ0n) is 5.02. The van der Waals surface area contributed by atoms with E-state index < -0.39 is 5.97 Å². The SMILES string of the molecule is O=C(O)C1=NC=CC=CS1. The summed E-state index contributed by atoms with van der Waals surface area (Å²) in [6.07, 6.45) is 4.88. The second kappa shape index (κ2) is 3.22. The number of nitrogens with zero attached hydrogens (tertiary/aromatic N) is 1. The third kappa shape index (κ3) is 1.73. The van der Waals surface area contributed by atoms with Gasteiger partial charge in [-0.3, -0.25) is 0 Å². The van der Waals surface area contributed by atoms with Crippen LogP contribution in [-0.4, -0.2) is 16.1 Å². The molecule has 1 aliphatic heterocycles. The van der Waals surface area contributed by atoms with E-state index in [1.807, 2.05) is 0 Å². The topological polar surface area (TPSA) is 49.7 Å². The first kappa shape index (κ1) is 7.08. The molecule has 0 aromatic carbocycles. The summed E-state index contributed by atoms with van der Waals surface area (Å²) in [7, 11) is 0. The van der Waals surface area contributed by atoms with Crippen molar-refractivity contribution in [2.45, 2.75) is 0 Å². The van der Waals surface area contributed by atoms with Crippen LogP contribution in [0.1, 0.15) is 0 Å². The Hall–Kier alpha value is -1.03. The van der Waals surface area contributed by atoms with Gasteiger partial charge in [0.2, 0.25) is 0 Å². The Bertz CT molecular complexity index is 230. The van der Waals surface area contributed by atoms with E-state index in [1.165, 1.54) is 6.20 Å². The highest BCUT2D eigenvalue weighted by Gasteiger charge is 2.06. The van der Waals surface area contributed by atoms with Crippen LogP contribution in [0.5, 0.6) is 0 Å². The number of rotatable bonds is 1. The van der Waals surface area contributed by atoms with E-state index in [2.05, 4.69) is 4.99 Å². The van der Waals surface area contributed by atoms with E-state index in [0.717, 1.165) is 11.8 Å². The standard InChI is InChI=1S/C6H5NO2S/c8-6(9)5-7-3-1-2-4-10-5/h1-4H,(H,8,9). The molecule has 0 fully saturated rings. The Morgan fingerprint density at radius 2 is 2.40 bits per heavy atom. The largest absolute Gasteiger partial charge is 0.476 e. The number of allylic oxidation sites excluding steroid dienone is 2. The molecule has 4 heteroatoms. The van der Waals surface area contributed by atoms with Crippen LogP contribution >= 0.6 is 11.8 Å². The first-order chi connectivity index (χ1) is 4.80. The molecule has 0 unspecified atom stereocenters. The molecule has 0 aliphatic carbocycles. The monoisotopic (exact) mass is 155 g/mol. The maximum absolute atomic E-state index is 10.3. The Kier molecular flexibility index (Phi) is 2.28. The van der Waals surface area contributed by atoms with Gasteiger partial charge < -0.3 is 5.11 Å². The fourth-order valence-electron chi connectivity index (χ4n) is 0.446. The second-order valence-corrected chi connectivity index (χ2v) is 2.42. The minimum absolute atomic E-state index is 0.102. The zero-order chi connectivity index (χ0) is 7.40. The molecule has 1 N–H and O–H groups in total. The maximum atomic E-state index is 10.3. The average Bonchev–Trinajstić information content (AvgIpc) is 2.12. The summed E-state index contributed by atoms with van der Waals surface area (Å²) in [5, 5.41) is 10.2. The predicted octanol–water partition coefficient (Wildman–Crippen LogP) is 1.24. The molecule has 0 amide bonds. The number of carboxylic acid groups (broad SMARTS) is 1. The number of hydrogen-bond donors (Lipinski definition) is 1. The molecule has 10 heavy (non-hydrogen) atoms. The molecular weight excluding hydrogens is 150 g/mol. The quantitative estimate of drug-likeness (QED) is 0.619. The Balaban J connectivity index is 2.78. The predicted molar refractivity (Wildman–Crippen MR) is 40.9 cm³/mol. The minimum atomic E-state index is -0.985. The summed E-state index contributed by atoms with van der Waals surface area (Å²) in [5.74, 6) is -0.985. The van der Waals surface area contributed by atoms with Crippen LogP contribution in [0.25, 0.3) is 0 Å². The lowest BCUT2D eigenvalue weighted by Gasteiger charge is -1.89. The number of thioether (sulfide) groups is 1. The average molecular weight is 155 g/mol. The maximum Gasteiger partial charge on any atom is 0.361 e. The van der Waals surface area contributed by atoms with Gasteiger partial charge in [-0.05, 0) is 11.5 Å². The molecule has 3 nitrogen and oxygen atoms in total. The molecule has 0 saturated carbocycles. The Morgan fingerprint density at radius 1 is 1.60 bits per heavy atom. The minimum Gasteiger partial charge on any atom is -0.476 e. The van der Waals surface area contributed by atoms with Gasteiger partial charge in [-0.1, -0.05) is 17.8 Å². The highest BCUT2D eigenvalue weighted by atomic mass is 32.2. The first-order valence-electron chi connectivity index (χ1n) is 2.60. The third-order valence-electron chi connectivity index (χ3n) is 0.830. The molecule has 0 bridgehead atoms. The van der Waals surface area contributed by atoms with Gasteiger partial charge in [0.1, 0.15) is 0 Å². The molecule has 1 aliphatic rings. The summed E-state index contributed by atoms with van der Waals surface area (Å²) < 4.78 is 0. The zero-order valence-corrected chi connectivity index (χ0v) is 5.84. The molecular formula is C6H5NO2S. The van der Waals surface area contributed by atoms with Gasteiger partial charge in [-0.2, -0.15) is 0 Å². The van der Waals surface area contributed by atoms with Crippen molar-refractivity contribution in [1.29, 1.82) is 0 Å². The summed E-state index contributed by atoms with van der Waals surface area (Å²) >= 11 is 1.10. The van der Waals surface area contributed by atoms with Crippen LogP contribution in [0.3, 0.4) is 0 Å². The summed E-state index contributed by atoms with van der Waals surface area (Å²) in [6.45, 7) is 0. The molecule has 0 atom stereocenters. The van der Waals surface area contributed by atoms with E-state index in [4.69, 9.17) is 5.11 Å². The van der Waals surface area contributed by atoms with E-state index in [9.17, 15) is 4.79 Å². The fourth-order valence-corrected chi connectivity index (χ4v) is 0.966. The lowest BCUT2D eigenvalue weighted by Crippen LogP contribution is -2.06. The Morgan fingerprint density at radius 3 is 3.10 bits per heavy atom. The first-order valence-corrected chi connectivity index (χ1v) is 3.48. The fraction of sp³-hybridized carbons (Fsp3) is 0. The van der Waals surface area contributed by atoms with Crippen molar-refractivity contribution in [3.8, 4) is 0 Å². The molecule has 0 spiro atoms. The van der Waals surface area contributed by atoms with E-state index in [-0.39, 0.29) is 5.04 Å². The van der Waals surface area contributed by atoms with E-state index in [1.54, 1.807) is 17.6 Å². The number of aliphatic carboxylic acids is 1. The van der Waals surface area contributed by atoms with Crippen molar-refractivity contribution in [3.05, 3.63) is 23.8 Å². The van der Waals surface area contributed by atoms with Gasteiger partial charge in [-0.25, -0.2) is 9.79 Å². The normalized spacial score (nSPS) is 16.2. The smallest absolute Gasteiger partial charge is 0.361 e. The summed E-state index contributed by atoms with van der Waals surface area (Å²) in [6, 6.07) is 0. The van der Waals surface area contributed by atoms with Crippen LogP contribution in [0.2, 0.25) is 0 Å². The van der Waals surface area contributed by atoms with Crippen LogP contribution < -0.4 is 0 Å². The molecule has 0 saturated heterocycles. The highest BCUT2D eigenvalue weighted by molar-refractivity contribution is 8.18. The number of carbonyl (C=O) groups is 1. The third-order valence-corrected chi connectivity index (χ3v) is 1.63. The van der Waals surface area contributed by atoms with Gasteiger partial charge in [0.25, 0.3) is 0 Å². The molecule has 1 rings (SSSR count). The Labute approximate surface area is 62.2 Å².